The van der Waals surface area contributed by atoms with Gasteiger partial charge in [-0.15, -0.1) is 0 Å². The third kappa shape index (κ3) is 2.46. The maximum atomic E-state index is 7.73. The number of hydrogen-bond acceptors (Lipinski definition) is 5. The van der Waals surface area contributed by atoms with E-state index in [4.69, 9.17) is 13.2 Å². The number of pyridine rings is 1. The molecule has 0 N–H and O–H groups in total. The summed E-state index contributed by atoms with van der Waals surface area (Å²) in [5, 5.41) is 5.27. The summed E-state index contributed by atoms with van der Waals surface area (Å²) in [7, 11) is 1.92. The summed E-state index contributed by atoms with van der Waals surface area (Å²) in [5.74, 6) is 1.11. The van der Waals surface area contributed by atoms with E-state index in [1.165, 1.54) is 0 Å². The third-order valence-corrected chi connectivity index (χ3v) is 4.70. The van der Waals surface area contributed by atoms with Crippen LogP contribution in [0.3, 0.4) is 0 Å². The molecule has 1 aromatic carbocycles. The first-order chi connectivity index (χ1) is 15.5. The Balaban J connectivity index is 1.54. The largest absolute Gasteiger partial charge is 0.331 e. The van der Waals surface area contributed by atoms with Gasteiger partial charge >= 0.3 is 0 Å². The molecule has 134 valence electrons. The first-order valence-corrected chi connectivity index (χ1v) is 8.49. The second-order valence-corrected chi connectivity index (χ2v) is 6.35. The van der Waals surface area contributed by atoms with Crippen molar-refractivity contribution in [2.45, 2.75) is 26.5 Å². The lowest BCUT2D eigenvalue weighted by atomic mass is 10.2. The van der Waals surface area contributed by atoms with Gasteiger partial charge in [0.05, 0.1) is 27.9 Å². The van der Waals surface area contributed by atoms with Crippen molar-refractivity contribution in [1.29, 1.82) is 0 Å². The number of benzene rings is 1. The Morgan fingerprint density at radius 3 is 2.93 bits per heavy atom. The van der Waals surface area contributed by atoms with Crippen LogP contribution < -0.4 is 0 Å². The molecule has 4 aromatic heterocycles. The van der Waals surface area contributed by atoms with Crippen molar-refractivity contribution in [1.82, 2.24) is 34.1 Å². The van der Waals surface area contributed by atoms with Gasteiger partial charge in [-0.3, -0.25) is 9.97 Å². The van der Waals surface area contributed by atoms with Crippen molar-refractivity contribution in [3.8, 4) is 0 Å². The van der Waals surface area contributed by atoms with Crippen LogP contribution in [0.5, 0.6) is 0 Å². The Labute approximate surface area is 164 Å². The van der Waals surface area contributed by atoms with Gasteiger partial charge in [0.1, 0.15) is 5.82 Å². The minimum Gasteiger partial charge on any atom is -0.331 e. The SMILES string of the molecule is [2H]C([2H])([2H])c1ncc(C([2H])([2H])[2H])n2nc(CCc3nc4c5cccnc5ccc4n3C)nc12. The highest BCUT2D eigenvalue weighted by Gasteiger charge is 2.13. The molecule has 0 amide bonds. The zero-order valence-electron chi connectivity index (χ0n) is 20.5. The van der Waals surface area contributed by atoms with Gasteiger partial charge in [-0.2, -0.15) is 5.10 Å². The van der Waals surface area contributed by atoms with E-state index in [9.17, 15) is 0 Å². The highest BCUT2D eigenvalue weighted by atomic mass is 15.3. The maximum Gasteiger partial charge on any atom is 0.177 e. The Bertz CT molecular complexity index is 1460. The molecule has 0 radical (unpaired) electrons. The third-order valence-electron chi connectivity index (χ3n) is 4.70. The van der Waals surface area contributed by atoms with E-state index in [2.05, 4.69) is 20.1 Å². The lowest BCUT2D eigenvalue weighted by Gasteiger charge is -2.01. The predicted molar refractivity (Wildman–Crippen MR) is 104 cm³/mol. The number of aromatic nitrogens is 7. The molecule has 0 spiro atoms. The van der Waals surface area contributed by atoms with Gasteiger partial charge in [0.15, 0.2) is 11.5 Å². The summed E-state index contributed by atoms with van der Waals surface area (Å²) in [5.41, 5.74) is 2.13. The molecule has 0 saturated heterocycles. The molecule has 7 heteroatoms. The Morgan fingerprint density at radius 1 is 1.07 bits per heavy atom. The molecule has 0 aliphatic heterocycles. The van der Waals surface area contributed by atoms with E-state index in [0.29, 0.717) is 18.7 Å². The molecule has 7 nitrogen and oxygen atoms in total. The highest BCUT2D eigenvalue weighted by molar-refractivity contribution is 6.02. The quantitative estimate of drug-likeness (QED) is 0.493. The van der Waals surface area contributed by atoms with Gasteiger partial charge in [-0.05, 0) is 38.0 Å². The molecule has 0 atom stereocenters. The molecule has 4 heterocycles. The molecule has 5 aromatic rings. The van der Waals surface area contributed by atoms with Crippen molar-refractivity contribution in [3.05, 3.63) is 59.7 Å². The van der Waals surface area contributed by atoms with Gasteiger partial charge in [0.2, 0.25) is 0 Å². The van der Waals surface area contributed by atoms with Crippen LogP contribution >= 0.6 is 0 Å². The standard InChI is InChI=1S/C20H19N7/c1-12-11-22-13(2)20-23-17(25-27(12)20)8-9-18-24-19-14-5-4-10-21-15(14)6-7-16(19)26(18)3/h4-7,10-11H,8-9H2,1-3H3/i1D3,2D3. The molecule has 0 unspecified atom stereocenters. The zero-order chi connectivity index (χ0) is 23.5. The fourth-order valence-corrected chi connectivity index (χ4v) is 3.32. The van der Waals surface area contributed by atoms with Gasteiger partial charge in [-0.1, -0.05) is 0 Å². The molecule has 0 bridgehead atoms. The number of fused-ring (bicyclic) bond motifs is 4. The van der Waals surface area contributed by atoms with Crippen LogP contribution in [0, 0.1) is 13.7 Å². The van der Waals surface area contributed by atoms with E-state index >= 15 is 0 Å². The van der Waals surface area contributed by atoms with Crippen LogP contribution in [-0.2, 0) is 19.9 Å². The number of nitrogens with zero attached hydrogens (tertiary/aromatic N) is 7. The number of aryl methyl sites for hydroxylation is 5. The van der Waals surface area contributed by atoms with Crippen LogP contribution in [0.1, 0.15) is 31.3 Å². The van der Waals surface area contributed by atoms with Crippen molar-refractivity contribution in [2.75, 3.05) is 0 Å². The molecular weight excluding hydrogens is 338 g/mol. The minimum atomic E-state index is -2.55. The topological polar surface area (TPSA) is 73.8 Å². The van der Waals surface area contributed by atoms with Gasteiger partial charge < -0.3 is 4.57 Å². The summed E-state index contributed by atoms with van der Waals surface area (Å²) in [4.78, 5) is 17.4. The first-order valence-electron chi connectivity index (χ1n) is 11.5. The lowest BCUT2D eigenvalue weighted by molar-refractivity contribution is 0.752. The lowest BCUT2D eigenvalue weighted by Crippen LogP contribution is -2.02. The Hall–Kier alpha value is -3.35. The van der Waals surface area contributed by atoms with Crippen LogP contribution in [0.15, 0.2) is 36.7 Å². The normalized spacial score (nSPS) is 16.0. The molecule has 27 heavy (non-hydrogen) atoms. The van der Waals surface area contributed by atoms with Crippen molar-refractivity contribution in [2.24, 2.45) is 7.05 Å². The highest BCUT2D eigenvalue weighted by Crippen LogP contribution is 2.24. The summed E-state index contributed by atoms with van der Waals surface area (Å²) in [6, 6.07) is 7.77. The smallest absolute Gasteiger partial charge is 0.177 e. The fourth-order valence-electron chi connectivity index (χ4n) is 3.32. The van der Waals surface area contributed by atoms with Crippen molar-refractivity contribution < 1.29 is 8.22 Å². The molecule has 0 aliphatic carbocycles. The predicted octanol–water partition coefficient (Wildman–Crippen LogP) is 2.96. The average molecular weight is 363 g/mol. The Kier molecular flexibility index (Phi) is 2.32. The molecule has 0 fully saturated rings. The minimum absolute atomic E-state index is 0.0688. The number of imidazole rings is 1. The average Bonchev–Trinajstić information content (AvgIpc) is 3.31. The van der Waals surface area contributed by atoms with E-state index in [1.54, 1.807) is 6.20 Å². The summed E-state index contributed by atoms with van der Waals surface area (Å²) >= 11 is 0. The van der Waals surface area contributed by atoms with Crippen molar-refractivity contribution in [3.63, 3.8) is 0 Å². The summed E-state index contributed by atoms with van der Waals surface area (Å²) < 4.78 is 49.4. The fraction of sp³-hybridized carbons (Fsp3) is 0.250. The molecule has 0 aliphatic rings. The van der Waals surface area contributed by atoms with Crippen LogP contribution in [-0.4, -0.2) is 34.1 Å². The van der Waals surface area contributed by atoms with Crippen LogP contribution in [0.2, 0.25) is 0 Å². The van der Waals surface area contributed by atoms with Gasteiger partial charge in [0.25, 0.3) is 0 Å². The maximum absolute atomic E-state index is 7.73. The van der Waals surface area contributed by atoms with E-state index < -0.39 is 13.7 Å². The zero-order valence-corrected chi connectivity index (χ0v) is 14.5. The number of hydrogen-bond donors (Lipinski definition) is 0. The van der Waals surface area contributed by atoms with Gasteiger partial charge in [-0.25, -0.2) is 14.5 Å². The second kappa shape index (κ2) is 5.84. The first kappa shape index (κ1) is 10.7. The van der Waals surface area contributed by atoms with E-state index in [0.717, 1.165) is 38.5 Å². The van der Waals surface area contributed by atoms with Gasteiger partial charge in [0, 0.05) is 45.9 Å². The number of rotatable bonds is 3. The summed E-state index contributed by atoms with van der Waals surface area (Å²) in [6.07, 6.45) is 3.59. The van der Waals surface area contributed by atoms with Crippen LogP contribution in [0.25, 0.3) is 27.6 Å². The molecule has 0 saturated carbocycles. The Morgan fingerprint density at radius 2 is 2.04 bits per heavy atom. The monoisotopic (exact) mass is 363 g/mol. The second-order valence-electron chi connectivity index (χ2n) is 6.35. The van der Waals surface area contributed by atoms with Crippen LogP contribution in [0.4, 0.5) is 0 Å². The van der Waals surface area contributed by atoms with E-state index in [-0.39, 0.29) is 17.0 Å². The molecular formula is C20H19N7. The molecule has 5 rings (SSSR count). The van der Waals surface area contributed by atoms with E-state index in [1.807, 2.05) is 35.9 Å². The summed E-state index contributed by atoms with van der Waals surface area (Å²) in [6.45, 7) is -5.07. The van der Waals surface area contributed by atoms with Crippen molar-refractivity contribution >= 4 is 27.6 Å².